The van der Waals surface area contributed by atoms with Gasteiger partial charge in [-0.25, -0.2) is 0 Å². The van der Waals surface area contributed by atoms with Crippen LogP contribution in [0.1, 0.15) is 45.4 Å². The lowest BCUT2D eigenvalue weighted by Crippen LogP contribution is -2.23. The molecule has 0 saturated heterocycles. The van der Waals surface area contributed by atoms with Crippen LogP contribution in [-0.2, 0) is 0 Å². The molecule has 2 unspecified atom stereocenters. The zero-order chi connectivity index (χ0) is 8.55. The molecule has 0 radical (unpaired) electrons. The summed E-state index contributed by atoms with van der Waals surface area (Å²) in [5.74, 6) is 1.99. The fraction of sp³-hybridized carbons (Fsp3) is 0.818. The van der Waals surface area contributed by atoms with Crippen molar-refractivity contribution >= 4 is 12.6 Å². The molecule has 0 aliphatic heterocycles. The largest absolute Gasteiger partial charge is 0.148 e. The van der Waals surface area contributed by atoms with Gasteiger partial charge in [0, 0.05) is 0 Å². The maximum absolute atomic E-state index is 4.55. The Bertz CT molecular complexity index is 183. The van der Waals surface area contributed by atoms with Gasteiger partial charge in [0.15, 0.2) is 0 Å². The van der Waals surface area contributed by atoms with Gasteiger partial charge in [-0.3, -0.25) is 0 Å². The summed E-state index contributed by atoms with van der Waals surface area (Å²) in [6.45, 7) is 2.26. The van der Waals surface area contributed by atoms with E-state index < -0.39 is 0 Å². The molecule has 2 atom stereocenters. The first kappa shape index (κ1) is 8.68. The molecule has 0 nitrogen and oxygen atoms in total. The van der Waals surface area contributed by atoms with Crippen LogP contribution in [0.3, 0.4) is 0 Å². The van der Waals surface area contributed by atoms with Crippen LogP contribution in [0.4, 0.5) is 0 Å². The third-order valence-corrected chi connectivity index (χ3v) is 4.15. The summed E-state index contributed by atoms with van der Waals surface area (Å²) >= 11 is 4.55. The predicted octanol–water partition coefficient (Wildman–Crippen LogP) is 3.79. The maximum Gasteiger partial charge on any atom is -0.0190 e. The van der Waals surface area contributed by atoms with Gasteiger partial charge in [-0.2, -0.15) is 0 Å². The van der Waals surface area contributed by atoms with Gasteiger partial charge >= 0.3 is 0 Å². The fourth-order valence-corrected chi connectivity index (χ4v) is 3.08. The molecule has 0 aromatic rings. The van der Waals surface area contributed by atoms with Gasteiger partial charge in [0.1, 0.15) is 0 Å². The topological polar surface area (TPSA) is 0 Å². The fourth-order valence-electron chi connectivity index (χ4n) is 2.76. The van der Waals surface area contributed by atoms with E-state index in [0.29, 0.717) is 0 Å². The second-order valence-electron chi connectivity index (χ2n) is 4.44. The number of hydrogen-bond donors (Lipinski definition) is 1. The van der Waals surface area contributed by atoms with Crippen LogP contribution in [0.5, 0.6) is 0 Å². The Hall–Kier alpha value is 0.0900. The van der Waals surface area contributed by atoms with Crippen molar-refractivity contribution in [1.82, 2.24) is 0 Å². The van der Waals surface area contributed by atoms with Crippen LogP contribution < -0.4 is 0 Å². The molecule has 2 aliphatic rings. The summed E-state index contributed by atoms with van der Waals surface area (Å²) < 4.78 is 0. The third-order valence-electron chi connectivity index (χ3n) is 3.58. The molecule has 68 valence electrons. The number of thiol groups is 1. The van der Waals surface area contributed by atoms with E-state index in [1.165, 1.54) is 43.4 Å². The van der Waals surface area contributed by atoms with Crippen LogP contribution in [0.25, 0.3) is 0 Å². The Labute approximate surface area is 80.8 Å². The van der Waals surface area contributed by atoms with Crippen molar-refractivity contribution in [2.75, 3.05) is 0 Å². The Kier molecular flexibility index (Phi) is 2.49. The highest BCUT2D eigenvalue weighted by Crippen LogP contribution is 2.43. The van der Waals surface area contributed by atoms with Crippen molar-refractivity contribution in [3.05, 3.63) is 10.5 Å². The molecule has 0 spiro atoms. The smallest absolute Gasteiger partial charge is 0.0190 e. The second-order valence-corrected chi connectivity index (χ2v) is 4.98. The highest BCUT2D eigenvalue weighted by atomic mass is 32.1. The summed E-state index contributed by atoms with van der Waals surface area (Å²) in [5, 5.41) is 0. The van der Waals surface area contributed by atoms with Crippen molar-refractivity contribution in [1.29, 1.82) is 0 Å². The Morgan fingerprint density at radius 2 is 1.67 bits per heavy atom. The van der Waals surface area contributed by atoms with Gasteiger partial charge in [-0.05, 0) is 49.3 Å². The molecular weight excluding hydrogens is 164 g/mol. The maximum atomic E-state index is 4.55. The summed E-state index contributed by atoms with van der Waals surface area (Å²) in [6.07, 6.45) is 8.48. The number of allylic oxidation sites excluding steroid dienone is 2. The first-order valence-electron chi connectivity index (χ1n) is 5.15. The number of hydrogen-bond acceptors (Lipinski definition) is 1. The zero-order valence-electron chi connectivity index (χ0n) is 7.84. The molecule has 0 aromatic carbocycles. The minimum atomic E-state index is 0.981. The van der Waals surface area contributed by atoms with E-state index in [4.69, 9.17) is 0 Å². The molecule has 12 heavy (non-hydrogen) atoms. The molecule has 0 aromatic heterocycles. The van der Waals surface area contributed by atoms with E-state index >= 15 is 0 Å². The van der Waals surface area contributed by atoms with E-state index in [-0.39, 0.29) is 0 Å². The minimum absolute atomic E-state index is 0.981. The normalized spacial score (nSPS) is 36.5. The van der Waals surface area contributed by atoms with Gasteiger partial charge in [0.05, 0.1) is 0 Å². The standard InChI is InChI=1S/C11H18S/c1-8-6-9-4-2-3-5-10(9)7-11(8)12/h9-10,12H,2-7H2,1H3. The van der Waals surface area contributed by atoms with Crippen molar-refractivity contribution in [2.45, 2.75) is 45.4 Å². The first-order chi connectivity index (χ1) is 5.77. The molecule has 0 N–H and O–H groups in total. The quantitative estimate of drug-likeness (QED) is 0.541. The summed E-state index contributed by atoms with van der Waals surface area (Å²) in [4.78, 5) is 1.39. The molecule has 2 aliphatic carbocycles. The lowest BCUT2D eigenvalue weighted by atomic mass is 9.71. The van der Waals surface area contributed by atoms with Gasteiger partial charge in [-0.1, -0.05) is 18.4 Å². The first-order valence-corrected chi connectivity index (χ1v) is 5.59. The number of fused-ring (bicyclic) bond motifs is 1. The molecular formula is C11H18S. The van der Waals surface area contributed by atoms with E-state index in [2.05, 4.69) is 19.6 Å². The average molecular weight is 182 g/mol. The van der Waals surface area contributed by atoms with Gasteiger partial charge in [0.2, 0.25) is 0 Å². The van der Waals surface area contributed by atoms with E-state index in [1.54, 1.807) is 5.57 Å². The average Bonchev–Trinajstić information content (AvgIpc) is 2.07. The van der Waals surface area contributed by atoms with E-state index in [1.807, 2.05) is 0 Å². The molecule has 1 saturated carbocycles. The highest BCUT2D eigenvalue weighted by Gasteiger charge is 2.29. The monoisotopic (exact) mass is 182 g/mol. The lowest BCUT2D eigenvalue weighted by molar-refractivity contribution is 0.224. The minimum Gasteiger partial charge on any atom is -0.148 e. The zero-order valence-corrected chi connectivity index (χ0v) is 8.74. The van der Waals surface area contributed by atoms with Crippen LogP contribution >= 0.6 is 12.6 Å². The van der Waals surface area contributed by atoms with E-state index in [0.717, 1.165) is 11.8 Å². The highest BCUT2D eigenvalue weighted by molar-refractivity contribution is 7.84. The SMILES string of the molecule is CC1=C(S)CC2CCCCC2C1. The predicted molar refractivity (Wildman–Crippen MR) is 56.4 cm³/mol. The van der Waals surface area contributed by atoms with Crippen molar-refractivity contribution in [3.63, 3.8) is 0 Å². The lowest BCUT2D eigenvalue weighted by Gasteiger charge is -2.36. The van der Waals surface area contributed by atoms with Crippen molar-refractivity contribution in [2.24, 2.45) is 11.8 Å². The molecule has 0 amide bonds. The molecule has 0 bridgehead atoms. The van der Waals surface area contributed by atoms with Crippen LogP contribution in [-0.4, -0.2) is 0 Å². The van der Waals surface area contributed by atoms with Crippen LogP contribution in [0, 0.1) is 11.8 Å². The van der Waals surface area contributed by atoms with Crippen LogP contribution in [0.2, 0.25) is 0 Å². The Morgan fingerprint density at radius 1 is 1.08 bits per heavy atom. The van der Waals surface area contributed by atoms with Crippen LogP contribution in [0.15, 0.2) is 10.5 Å². The Morgan fingerprint density at radius 3 is 2.33 bits per heavy atom. The van der Waals surface area contributed by atoms with Crippen molar-refractivity contribution < 1.29 is 0 Å². The molecule has 1 heteroatoms. The van der Waals surface area contributed by atoms with Gasteiger partial charge in [-0.15, -0.1) is 12.6 Å². The molecule has 0 heterocycles. The summed E-state index contributed by atoms with van der Waals surface area (Å²) in [6, 6.07) is 0. The molecule has 2 rings (SSSR count). The van der Waals surface area contributed by atoms with Crippen molar-refractivity contribution in [3.8, 4) is 0 Å². The number of rotatable bonds is 0. The second kappa shape index (κ2) is 3.45. The summed E-state index contributed by atoms with van der Waals surface area (Å²) in [7, 11) is 0. The van der Waals surface area contributed by atoms with Gasteiger partial charge < -0.3 is 0 Å². The van der Waals surface area contributed by atoms with E-state index in [9.17, 15) is 0 Å². The van der Waals surface area contributed by atoms with Gasteiger partial charge in [0.25, 0.3) is 0 Å². The summed E-state index contributed by atoms with van der Waals surface area (Å²) in [5.41, 5.74) is 1.56. The molecule has 1 fully saturated rings. The Balaban J connectivity index is 2.10. The third kappa shape index (κ3) is 1.56.